The van der Waals surface area contributed by atoms with Crippen molar-refractivity contribution in [2.75, 3.05) is 18.6 Å². The molecule has 2 atom stereocenters. The van der Waals surface area contributed by atoms with Crippen molar-refractivity contribution in [1.82, 2.24) is 0 Å². The Balaban J connectivity index is 1.50. The van der Waals surface area contributed by atoms with Crippen molar-refractivity contribution in [2.24, 2.45) is 0 Å². The van der Waals surface area contributed by atoms with Gasteiger partial charge in [-0.15, -0.1) is 0 Å². The first-order valence-electron chi connectivity index (χ1n) is 13.7. The Kier molecular flexibility index (Phi) is 8.21. The molecule has 0 unspecified atom stereocenters. The second kappa shape index (κ2) is 11.8. The summed E-state index contributed by atoms with van der Waals surface area (Å²) in [6.45, 7) is 7.50. The molecule has 1 fully saturated rings. The second-order valence-corrected chi connectivity index (χ2v) is 15.5. The van der Waals surface area contributed by atoms with E-state index in [2.05, 4.69) is 69.3 Å². The maximum absolute atomic E-state index is 13.5. The van der Waals surface area contributed by atoms with Gasteiger partial charge in [0.25, 0.3) is 14.2 Å². The van der Waals surface area contributed by atoms with E-state index in [-0.39, 0.29) is 17.0 Å². The van der Waals surface area contributed by atoms with Crippen LogP contribution in [0, 0.1) is 0 Å². The van der Waals surface area contributed by atoms with Crippen LogP contribution >= 0.6 is 0 Å². The molecular formula is C34H37NO4Si. The fourth-order valence-electron chi connectivity index (χ4n) is 5.66. The summed E-state index contributed by atoms with van der Waals surface area (Å²) in [6, 6.07) is 38.4. The normalized spacial score (nSPS) is 17.4. The lowest BCUT2D eigenvalue weighted by Gasteiger charge is -2.49. The Morgan fingerprint density at radius 2 is 1.27 bits per heavy atom. The Hall–Kier alpha value is -3.71. The van der Waals surface area contributed by atoms with Gasteiger partial charge in [0.2, 0.25) is 0 Å². The molecule has 1 aliphatic rings. The minimum absolute atomic E-state index is 0.0582. The van der Waals surface area contributed by atoms with Crippen LogP contribution in [-0.2, 0) is 20.6 Å². The van der Waals surface area contributed by atoms with Gasteiger partial charge >= 0.3 is 0 Å². The van der Waals surface area contributed by atoms with E-state index in [0.717, 1.165) is 17.0 Å². The van der Waals surface area contributed by atoms with Crippen LogP contribution in [0.5, 0.6) is 5.75 Å². The number of carbonyl (C=O) groups is 1. The van der Waals surface area contributed by atoms with Crippen LogP contribution < -0.4 is 20.0 Å². The third kappa shape index (κ3) is 5.35. The molecule has 1 amide bonds. The summed E-state index contributed by atoms with van der Waals surface area (Å²) in [4.78, 5) is 15.3. The number of nitrogens with zero attached hydrogens (tertiary/aromatic N) is 1. The van der Waals surface area contributed by atoms with E-state index in [1.807, 2.05) is 71.6 Å². The van der Waals surface area contributed by atoms with Gasteiger partial charge in [-0.2, -0.15) is 0 Å². The minimum Gasteiger partial charge on any atom is -0.497 e. The third-order valence-electron chi connectivity index (χ3n) is 7.67. The van der Waals surface area contributed by atoms with Crippen molar-refractivity contribution < 1.29 is 18.7 Å². The predicted molar refractivity (Wildman–Crippen MR) is 163 cm³/mol. The number of methoxy groups -OCH3 is 1. The summed E-state index contributed by atoms with van der Waals surface area (Å²) in [5.41, 5.74) is 1.84. The van der Waals surface area contributed by atoms with Gasteiger partial charge in [-0.05, 0) is 45.2 Å². The van der Waals surface area contributed by atoms with Gasteiger partial charge in [-0.3, -0.25) is 4.79 Å². The molecule has 1 heterocycles. The summed E-state index contributed by atoms with van der Waals surface area (Å²) in [5, 5.41) is 2.24. The first-order chi connectivity index (χ1) is 19.3. The molecule has 5 nitrogen and oxygen atoms in total. The standard InChI is InChI=1S/C34H37NO4Si/c1-34(2,3)40(29-16-10-6-11-17-29,30-18-12-7-13-19-30)39-25-31-32(38-24-26-14-8-5-9-15-26)33(36)35(31)27-20-22-28(37-4)23-21-27/h5-23,31-32H,24-25H2,1-4H3/t31-,32+/m0/s1. The minimum atomic E-state index is -2.79. The van der Waals surface area contributed by atoms with Gasteiger partial charge in [0.1, 0.15) is 5.75 Å². The average Bonchev–Trinajstić information content (AvgIpc) is 2.98. The quantitative estimate of drug-likeness (QED) is 0.191. The van der Waals surface area contributed by atoms with E-state index < -0.39 is 14.4 Å². The Morgan fingerprint density at radius 1 is 0.750 bits per heavy atom. The molecule has 4 aromatic carbocycles. The predicted octanol–water partition coefficient (Wildman–Crippen LogP) is 5.57. The largest absolute Gasteiger partial charge is 0.497 e. The lowest BCUT2D eigenvalue weighted by molar-refractivity contribution is -0.144. The number of rotatable bonds is 10. The SMILES string of the molecule is COc1ccc(N2C(=O)[C@H](OCc3ccccc3)[C@@H]2CO[Si](c2ccccc2)(c2ccccc2)C(C)(C)C)cc1. The van der Waals surface area contributed by atoms with Crippen molar-refractivity contribution in [3.05, 3.63) is 121 Å². The number of amides is 1. The van der Waals surface area contributed by atoms with Gasteiger partial charge in [-0.25, -0.2) is 0 Å². The zero-order chi connectivity index (χ0) is 28.2. The first kappa shape index (κ1) is 27.8. The Bertz CT molecular complexity index is 1350. The highest BCUT2D eigenvalue weighted by molar-refractivity contribution is 6.99. The molecule has 5 rings (SSSR count). The summed E-state index contributed by atoms with van der Waals surface area (Å²) < 4.78 is 18.8. The third-order valence-corrected chi connectivity index (χ3v) is 12.7. The molecule has 206 valence electrons. The van der Waals surface area contributed by atoms with E-state index in [4.69, 9.17) is 13.9 Å². The topological polar surface area (TPSA) is 48.0 Å². The van der Waals surface area contributed by atoms with Crippen molar-refractivity contribution >= 4 is 30.3 Å². The summed E-state index contributed by atoms with van der Waals surface area (Å²) in [6.07, 6.45) is -0.597. The van der Waals surface area contributed by atoms with Crippen molar-refractivity contribution in [1.29, 1.82) is 0 Å². The van der Waals surface area contributed by atoms with Crippen LogP contribution in [0.25, 0.3) is 0 Å². The number of anilines is 1. The van der Waals surface area contributed by atoms with Crippen LogP contribution in [0.2, 0.25) is 5.04 Å². The smallest absolute Gasteiger partial charge is 0.261 e. The molecule has 4 aromatic rings. The molecule has 0 saturated carbocycles. The van der Waals surface area contributed by atoms with Crippen molar-refractivity contribution in [2.45, 2.75) is 44.6 Å². The van der Waals surface area contributed by atoms with Crippen LogP contribution in [0.4, 0.5) is 5.69 Å². The fourth-order valence-corrected chi connectivity index (χ4v) is 10.2. The van der Waals surface area contributed by atoms with Gasteiger partial charge in [0.15, 0.2) is 6.10 Å². The molecule has 6 heteroatoms. The maximum Gasteiger partial charge on any atom is 0.261 e. The molecule has 0 aromatic heterocycles. The highest BCUT2D eigenvalue weighted by Gasteiger charge is 2.54. The van der Waals surface area contributed by atoms with Crippen LogP contribution in [0.3, 0.4) is 0 Å². The van der Waals surface area contributed by atoms with E-state index in [1.165, 1.54) is 10.4 Å². The number of β-lactam (4-membered cyclic amide) rings is 1. The number of benzene rings is 4. The molecule has 1 saturated heterocycles. The summed E-state index contributed by atoms with van der Waals surface area (Å²) in [7, 11) is -1.16. The average molecular weight is 552 g/mol. The maximum atomic E-state index is 13.5. The van der Waals surface area contributed by atoms with Crippen LogP contribution in [-0.4, -0.2) is 40.1 Å². The molecule has 0 bridgehead atoms. The number of carbonyl (C=O) groups excluding carboxylic acids is 1. The first-order valence-corrected chi connectivity index (χ1v) is 15.6. The Labute approximate surface area is 238 Å². The molecule has 0 N–H and O–H groups in total. The van der Waals surface area contributed by atoms with Crippen LogP contribution in [0.15, 0.2) is 115 Å². The molecule has 0 radical (unpaired) electrons. The monoisotopic (exact) mass is 551 g/mol. The zero-order valence-electron chi connectivity index (χ0n) is 23.6. The van der Waals surface area contributed by atoms with Gasteiger partial charge in [0.05, 0.1) is 26.4 Å². The molecule has 1 aliphatic heterocycles. The van der Waals surface area contributed by atoms with E-state index in [1.54, 1.807) is 7.11 Å². The lowest BCUT2D eigenvalue weighted by atomic mass is 9.97. The highest BCUT2D eigenvalue weighted by atomic mass is 28.4. The fraction of sp³-hybridized carbons (Fsp3) is 0.265. The van der Waals surface area contributed by atoms with E-state index in [0.29, 0.717) is 13.2 Å². The van der Waals surface area contributed by atoms with Gasteiger partial charge < -0.3 is 18.8 Å². The summed E-state index contributed by atoms with van der Waals surface area (Å²) in [5.74, 6) is 0.686. The molecule has 0 aliphatic carbocycles. The molecule has 0 spiro atoms. The number of hydrogen-bond acceptors (Lipinski definition) is 4. The van der Waals surface area contributed by atoms with Crippen molar-refractivity contribution in [3.63, 3.8) is 0 Å². The van der Waals surface area contributed by atoms with E-state index in [9.17, 15) is 4.79 Å². The zero-order valence-corrected chi connectivity index (χ0v) is 24.6. The summed E-state index contributed by atoms with van der Waals surface area (Å²) >= 11 is 0. The number of hydrogen-bond donors (Lipinski definition) is 0. The lowest BCUT2D eigenvalue weighted by Crippen LogP contribution is -2.72. The number of ether oxygens (including phenoxy) is 2. The van der Waals surface area contributed by atoms with E-state index >= 15 is 0 Å². The van der Waals surface area contributed by atoms with Gasteiger partial charge in [0, 0.05) is 5.69 Å². The van der Waals surface area contributed by atoms with Crippen molar-refractivity contribution in [3.8, 4) is 5.75 Å². The second-order valence-electron chi connectivity index (χ2n) is 11.2. The Morgan fingerprint density at radius 3 is 1.77 bits per heavy atom. The van der Waals surface area contributed by atoms with Crippen LogP contribution in [0.1, 0.15) is 26.3 Å². The highest BCUT2D eigenvalue weighted by Crippen LogP contribution is 2.39. The molecular weight excluding hydrogens is 514 g/mol. The van der Waals surface area contributed by atoms with Gasteiger partial charge in [-0.1, -0.05) is 112 Å². The molecule has 40 heavy (non-hydrogen) atoms.